The number of benzene rings is 3. The van der Waals surface area contributed by atoms with Crippen LogP contribution in [0.3, 0.4) is 0 Å². The summed E-state index contributed by atoms with van der Waals surface area (Å²) in [6.45, 7) is 1.80. The van der Waals surface area contributed by atoms with Gasteiger partial charge in [0.15, 0.2) is 0 Å². The Hall–Kier alpha value is -4.11. The number of rotatable bonds is 7. The molecule has 10 heteroatoms. The summed E-state index contributed by atoms with van der Waals surface area (Å²) in [6.07, 6.45) is -3.14. The summed E-state index contributed by atoms with van der Waals surface area (Å²) in [6, 6.07) is 19.5. The molecule has 0 unspecified atom stereocenters. The summed E-state index contributed by atoms with van der Waals surface area (Å²) in [7, 11) is 0. The van der Waals surface area contributed by atoms with E-state index in [1.54, 1.807) is 43.5 Å². The number of ether oxygens (including phenoxy) is 1. The van der Waals surface area contributed by atoms with Gasteiger partial charge in [-0.05, 0) is 78.7 Å². The molecule has 1 heterocycles. The van der Waals surface area contributed by atoms with Gasteiger partial charge in [0.1, 0.15) is 5.75 Å². The second-order valence-corrected chi connectivity index (χ2v) is 8.06. The third-order valence-corrected chi connectivity index (χ3v) is 5.38. The van der Waals surface area contributed by atoms with E-state index in [-0.39, 0.29) is 11.7 Å². The minimum absolute atomic E-state index is 0.264. The number of hydrogen-bond acceptors (Lipinski definition) is 5. The van der Waals surface area contributed by atoms with E-state index in [0.29, 0.717) is 40.0 Å². The molecule has 6 nitrogen and oxygen atoms in total. The van der Waals surface area contributed by atoms with E-state index in [9.17, 15) is 18.0 Å². The van der Waals surface area contributed by atoms with Crippen LogP contribution in [0.5, 0.6) is 5.75 Å². The molecule has 2 N–H and O–H groups in total. The first-order valence-corrected chi connectivity index (χ1v) is 11.3. The molecule has 0 bridgehead atoms. The summed E-state index contributed by atoms with van der Waals surface area (Å²) >= 11 is 5.84. The zero-order valence-corrected chi connectivity index (χ0v) is 19.7. The molecule has 0 saturated carbocycles. The Kier molecular flexibility index (Phi) is 7.40. The van der Waals surface area contributed by atoms with Gasteiger partial charge in [-0.2, -0.15) is 0 Å². The summed E-state index contributed by atoms with van der Waals surface area (Å²) in [5.41, 5.74) is 4.58. The van der Waals surface area contributed by atoms with Gasteiger partial charge in [-0.1, -0.05) is 12.1 Å². The predicted octanol–water partition coefficient (Wildman–Crippen LogP) is 7.09. The van der Waals surface area contributed by atoms with E-state index in [0.717, 1.165) is 11.1 Å². The highest BCUT2D eigenvalue weighted by molar-refractivity contribution is 6.17. The Labute approximate surface area is 210 Å². The van der Waals surface area contributed by atoms with Crippen molar-refractivity contribution in [2.24, 2.45) is 0 Å². The van der Waals surface area contributed by atoms with Crippen LogP contribution >= 0.6 is 11.6 Å². The Morgan fingerprint density at radius 1 is 1.00 bits per heavy atom. The Morgan fingerprint density at radius 2 is 1.72 bits per heavy atom. The van der Waals surface area contributed by atoms with Gasteiger partial charge in [0.2, 0.25) is 5.95 Å². The highest BCUT2D eigenvalue weighted by atomic mass is 35.5. The maximum atomic E-state index is 12.6. The van der Waals surface area contributed by atoms with Crippen molar-refractivity contribution >= 4 is 34.8 Å². The monoisotopic (exact) mass is 512 g/mol. The number of hydrogen-bond donors (Lipinski definition) is 2. The number of aromatic nitrogens is 2. The molecule has 3 aromatic carbocycles. The van der Waals surface area contributed by atoms with Crippen molar-refractivity contribution in [2.75, 3.05) is 10.6 Å². The maximum Gasteiger partial charge on any atom is 0.573 e. The molecule has 184 valence electrons. The van der Waals surface area contributed by atoms with E-state index < -0.39 is 6.36 Å². The van der Waals surface area contributed by atoms with Gasteiger partial charge >= 0.3 is 6.36 Å². The van der Waals surface area contributed by atoms with Gasteiger partial charge in [-0.3, -0.25) is 4.79 Å². The Bertz CT molecular complexity index is 1360. The second kappa shape index (κ2) is 10.7. The molecule has 0 fully saturated rings. The van der Waals surface area contributed by atoms with E-state index in [1.165, 1.54) is 24.3 Å². The quantitative estimate of drug-likeness (QED) is 0.259. The fraction of sp³-hybridized carbons (Fsp3) is 0.115. The molecule has 4 rings (SSSR count). The van der Waals surface area contributed by atoms with Gasteiger partial charge in [0.25, 0.3) is 5.91 Å². The van der Waals surface area contributed by atoms with Crippen molar-refractivity contribution in [2.45, 2.75) is 19.2 Å². The van der Waals surface area contributed by atoms with E-state index >= 15 is 0 Å². The fourth-order valence-electron chi connectivity index (χ4n) is 3.38. The number of alkyl halides is 4. The van der Waals surface area contributed by atoms with Crippen molar-refractivity contribution in [3.05, 3.63) is 95.7 Å². The molecule has 0 saturated heterocycles. The van der Waals surface area contributed by atoms with Gasteiger partial charge in [-0.25, -0.2) is 9.97 Å². The number of carbonyl (C=O) groups excluding carboxylic acids is 1. The van der Waals surface area contributed by atoms with Gasteiger partial charge in [-0.15, -0.1) is 24.8 Å². The van der Waals surface area contributed by atoms with Crippen LogP contribution in [0.2, 0.25) is 0 Å². The highest BCUT2D eigenvalue weighted by Crippen LogP contribution is 2.28. The molecular weight excluding hydrogens is 493 g/mol. The largest absolute Gasteiger partial charge is 0.573 e. The first kappa shape index (κ1) is 25.0. The van der Waals surface area contributed by atoms with Crippen LogP contribution < -0.4 is 15.4 Å². The van der Waals surface area contributed by atoms with Gasteiger partial charge < -0.3 is 15.4 Å². The zero-order valence-electron chi connectivity index (χ0n) is 18.9. The molecule has 36 heavy (non-hydrogen) atoms. The molecule has 0 aliphatic heterocycles. The van der Waals surface area contributed by atoms with Crippen molar-refractivity contribution in [3.63, 3.8) is 0 Å². The number of nitrogens with zero attached hydrogens (tertiary/aromatic N) is 2. The van der Waals surface area contributed by atoms with Crippen molar-refractivity contribution in [3.8, 4) is 17.0 Å². The van der Waals surface area contributed by atoms with Crippen molar-refractivity contribution < 1.29 is 22.7 Å². The highest BCUT2D eigenvalue weighted by Gasteiger charge is 2.31. The molecule has 0 aliphatic carbocycles. The lowest BCUT2D eigenvalue weighted by Crippen LogP contribution is -2.16. The van der Waals surface area contributed by atoms with Crippen LogP contribution in [0, 0.1) is 6.92 Å². The normalized spacial score (nSPS) is 11.1. The minimum atomic E-state index is -4.75. The lowest BCUT2D eigenvalue weighted by Gasteiger charge is -2.11. The molecule has 0 radical (unpaired) electrons. The van der Waals surface area contributed by atoms with Crippen molar-refractivity contribution in [1.29, 1.82) is 0 Å². The summed E-state index contributed by atoms with van der Waals surface area (Å²) < 4.78 is 41.1. The Balaban J connectivity index is 1.45. The van der Waals surface area contributed by atoms with Crippen LogP contribution in [0.25, 0.3) is 11.3 Å². The average molecular weight is 513 g/mol. The first-order chi connectivity index (χ1) is 17.2. The van der Waals surface area contributed by atoms with Crippen LogP contribution in [-0.2, 0) is 5.88 Å². The standard InChI is InChI=1S/C26H20ClF3N4O2/c1-16-15-31-25(34-23(16)18-7-11-22(12-8-18)36-26(28,29)30)33-20-9-5-19(6-10-20)24(35)32-21-4-2-3-17(13-21)14-27/h2-13,15H,14H2,1H3,(H,32,35)(H,31,33,34). The van der Waals surface area contributed by atoms with Crippen LogP contribution in [-0.4, -0.2) is 22.2 Å². The summed E-state index contributed by atoms with van der Waals surface area (Å²) in [5, 5.41) is 5.91. The average Bonchev–Trinajstić information content (AvgIpc) is 2.85. The third-order valence-electron chi connectivity index (χ3n) is 5.08. The van der Waals surface area contributed by atoms with E-state index in [1.807, 2.05) is 18.2 Å². The molecule has 0 atom stereocenters. The molecule has 0 aliphatic rings. The Morgan fingerprint density at radius 3 is 2.39 bits per heavy atom. The summed E-state index contributed by atoms with van der Waals surface area (Å²) in [4.78, 5) is 21.3. The smallest absolute Gasteiger partial charge is 0.406 e. The SMILES string of the molecule is Cc1cnc(Nc2ccc(C(=O)Nc3cccc(CCl)c3)cc2)nc1-c1ccc(OC(F)(F)F)cc1. The van der Waals surface area contributed by atoms with E-state index in [4.69, 9.17) is 11.6 Å². The third kappa shape index (κ3) is 6.51. The maximum absolute atomic E-state index is 12.6. The lowest BCUT2D eigenvalue weighted by atomic mass is 10.1. The zero-order chi connectivity index (χ0) is 25.7. The first-order valence-electron chi connectivity index (χ1n) is 10.7. The van der Waals surface area contributed by atoms with E-state index in [2.05, 4.69) is 25.3 Å². The molecule has 4 aromatic rings. The number of carbonyl (C=O) groups is 1. The predicted molar refractivity (Wildman–Crippen MR) is 133 cm³/mol. The molecule has 0 spiro atoms. The number of aryl methyl sites for hydroxylation is 1. The van der Waals surface area contributed by atoms with Gasteiger partial charge in [0, 0.05) is 34.6 Å². The van der Waals surface area contributed by atoms with Crippen molar-refractivity contribution in [1.82, 2.24) is 9.97 Å². The van der Waals surface area contributed by atoms with Crippen LogP contribution in [0.1, 0.15) is 21.5 Å². The summed E-state index contributed by atoms with van der Waals surface area (Å²) in [5.74, 6) is 0.0681. The second-order valence-electron chi connectivity index (χ2n) is 7.79. The topological polar surface area (TPSA) is 76.1 Å². The number of amides is 1. The van der Waals surface area contributed by atoms with Crippen LogP contribution in [0.4, 0.5) is 30.5 Å². The van der Waals surface area contributed by atoms with Crippen LogP contribution in [0.15, 0.2) is 79.0 Å². The fourth-order valence-corrected chi connectivity index (χ4v) is 3.54. The lowest BCUT2D eigenvalue weighted by molar-refractivity contribution is -0.274. The minimum Gasteiger partial charge on any atom is -0.406 e. The molecule has 1 amide bonds. The molecular formula is C26H20ClF3N4O2. The van der Waals surface area contributed by atoms with Gasteiger partial charge in [0.05, 0.1) is 5.69 Å². The molecule has 1 aromatic heterocycles. The number of halogens is 4. The number of nitrogens with one attached hydrogen (secondary N) is 2. The number of anilines is 3.